The summed E-state index contributed by atoms with van der Waals surface area (Å²) in [5.41, 5.74) is 3.96. The second kappa shape index (κ2) is 7.82. The van der Waals surface area contributed by atoms with Crippen LogP contribution in [-0.4, -0.2) is 41.0 Å². The van der Waals surface area contributed by atoms with Gasteiger partial charge in [0.25, 0.3) is 5.56 Å². The van der Waals surface area contributed by atoms with Gasteiger partial charge in [-0.15, -0.1) is 11.3 Å². The summed E-state index contributed by atoms with van der Waals surface area (Å²) in [5.74, 6) is 1.51. The number of hydrogen-bond acceptors (Lipinski definition) is 5. The maximum atomic E-state index is 13.0. The Bertz CT molecular complexity index is 1130. The Morgan fingerprint density at radius 3 is 2.73 bits per heavy atom. The van der Waals surface area contributed by atoms with Crippen LogP contribution in [-0.2, 0) is 12.8 Å². The molecule has 0 spiro atoms. The average Bonchev–Trinajstić information content (AvgIpc) is 3.11. The fraction of sp³-hybridized carbons (Fsp3) is 0.500. The first-order valence-electron chi connectivity index (χ1n) is 11.1. The number of H-pyrrole nitrogens is 1. The Morgan fingerprint density at radius 1 is 1.20 bits per heavy atom. The summed E-state index contributed by atoms with van der Waals surface area (Å²) in [4.78, 5) is 28.2. The van der Waals surface area contributed by atoms with Crippen molar-refractivity contribution >= 4 is 27.2 Å². The smallest absolute Gasteiger partial charge is 0.259 e. The van der Waals surface area contributed by atoms with Crippen LogP contribution in [0, 0.1) is 12.8 Å². The van der Waals surface area contributed by atoms with E-state index >= 15 is 0 Å². The molecule has 30 heavy (non-hydrogen) atoms. The van der Waals surface area contributed by atoms with Crippen LogP contribution < -0.4 is 10.5 Å². The van der Waals surface area contributed by atoms with Crippen molar-refractivity contribution in [1.29, 1.82) is 0 Å². The molecule has 0 unspecified atom stereocenters. The molecule has 2 aromatic heterocycles. The molecular formula is C24H30N4OS. The molecule has 0 saturated carbocycles. The molecule has 1 aliphatic carbocycles. The molecule has 2 atom stereocenters. The molecule has 1 fully saturated rings. The predicted molar refractivity (Wildman–Crippen MR) is 125 cm³/mol. The molecule has 2 aliphatic rings. The Morgan fingerprint density at radius 2 is 1.97 bits per heavy atom. The fourth-order valence-electron chi connectivity index (χ4n) is 5.00. The van der Waals surface area contributed by atoms with Gasteiger partial charge in [0, 0.05) is 36.7 Å². The summed E-state index contributed by atoms with van der Waals surface area (Å²) in [6, 6.07) is 8.70. The predicted octanol–water partition coefficient (Wildman–Crippen LogP) is 4.30. The van der Waals surface area contributed by atoms with Crippen LogP contribution in [0.1, 0.15) is 48.1 Å². The molecule has 1 aliphatic heterocycles. The summed E-state index contributed by atoms with van der Waals surface area (Å²) < 4.78 is 0. The lowest BCUT2D eigenvalue weighted by molar-refractivity contribution is 0.191. The third-order valence-corrected chi connectivity index (χ3v) is 8.05. The van der Waals surface area contributed by atoms with Crippen LogP contribution in [0.5, 0.6) is 0 Å². The molecule has 3 heterocycles. The van der Waals surface area contributed by atoms with Gasteiger partial charge < -0.3 is 9.88 Å². The molecule has 6 heteroatoms. The zero-order valence-electron chi connectivity index (χ0n) is 18.1. The Kier molecular flexibility index (Phi) is 5.15. The largest absolute Gasteiger partial charge is 0.369 e. The molecule has 5 rings (SSSR count). The van der Waals surface area contributed by atoms with Crippen molar-refractivity contribution in [3.8, 4) is 0 Å². The van der Waals surface area contributed by atoms with Crippen molar-refractivity contribution in [1.82, 2.24) is 14.9 Å². The van der Waals surface area contributed by atoms with Gasteiger partial charge in [-0.2, -0.15) is 0 Å². The number of piperazine rings is 1. The summed E-state index contributed by atoms with van der Waals surface area (Å²) in [6.07, 6.45) is 3.26. The van der Waals surface area contributed by atoms with Crippen molar-refractivity contribution in [3.05, 3.63) is 56.4 Å². The minimum Gasteiger partial charge on any atom is -0.369 e. The molecule has 158 valence electrons. The highest BCUT2D eigenvalue weighted by Crippen LogP contribution is 2.36. The highest BCUT2D eigenvalue weighted by Gasteiger charge is 2.27. The number of para-hydroxylation sites is 1. The zero-order valence-corrected chi connectivity index (χ0v) is 18.9. The Hall–Kier alpha value is -2.18. The first kappa shape index (κ1) is 19.8. The molecule has 1 N–H and O–H groups in total. The second-order valence-corrected chi connectivity index (χ2v) is 10.1. The molecule has 1 aromatic carbocycles. The summed E-state index contributed by atoms with van der Waals surface area (Å²) in [7, 11) is 0. The van der Waals surface area contributed by atoms with Crippen molar-refractivity contribution in [2.75, 3.05) is 31.1 Å². The molecule has 0 bridgehead atoms. The Labute approximate surface area is 181 Å². The van der Waals surface area contributed by atoms with E-state index in [-0.39, 0.29) is 11.6 Å². The van der Waals surface area contributed by atoms with Gasteiger partial charge in [-0.05, 0) is 56.2 Å². The van der Waals surface area contributed by atoms with E-state index in [0.29, 0.717) is 5.92 Å². The molecule has 0 amide bonds. The first-order chi connectivity index (χ1) is 14.5. The van der Waals surface area contributed by atoms with Gasteiger partial charge in [-0.25, -0.2) is 4.98 Å². The molecular weight excluding hydrogens is 392 g/mol. The minimum absolute atomic E-state index is 0.0486. The average molecular weight is 423 g/mol. The van der Waals surface area contributed by atoms with Crippen molar-refractivity contribution in [2.45, 2.75) is 46.1 Å². The van der Waals surface area contributed by atoms with Crippen LogP contribution in [0.25, 0.3) is 10.2 Å². The maximum absolute atomic E-state index is 13.0. The number of aromatic nitrogens is 2. The van der Waals surface area contributed by atoms with Gasteiger partial charge in [-0.3, -0.25) is 9.69 Å². The van der Waals surface area contributed by atoms with Crippen molar-refractivity contribution < 1.29 is 0 Å². The van der Waals surface area contributed by atoms with E-state index < -0.39 is 0 Å². The van der Waals surface area contributed by atoms with Crippen molar-refractivity contribution in [2.24, 2.45) is 5.92 Å². The van der Waals surface area contributed by atoms with E-state index in [0.717, 1.165) is 55.1 Å². The van der Waals surface area contributed by atoms with Gasteiger partial charge >= 0.3 is 0 Å². The van der Waals surface area contributed by atoms with Gasteiger partial charge in [0.05, 0.1) is 11.4 Å². The minimum atomic E-state index is 0.0486. The fourth-order valence-corrected chi connectivity index (χ4v) is 6.40. The Balaban J connectivity index is 1.36. The number of anilines is 1. The van der Waals surface area contributed by atoms with E-state index in [1.807, 2.05) is 0 Å². The first-order valence-corrected chi connectivity index (χ1v) is 11.9. The molecule has 0 radical (unpaired) electrons. The van der Waals surface area contributed by atoms with Crippen LogP contribution >= 0.6 is 11.3 Å². The van der Waals surface area contributed by atoms with E-state index in [1.165, 1.54) is 28.1 Å². The maximum Gasteiger partial charge on any atom is 0.259 e. The van der Waals surface area contributed by atoms with Crippen LogP contribution in [0.2, 0.25) is 0 Å². The molecule has 1 saturated heterocycles. The number of aryl methyl sites for hydroxylation is 2. The lowest BCUT2D eigenvalue weighted by Gasteiger charge is -2.39. The summed E-state index contributed by atoms with van der Waals surface area (Å²) in [6.45, 7) is 10.6. The number of thiophene rings is 1. The van der Waals surface area contributed by atoms with Gasteiger partial charge in [-0.1, -0.05) is 25.1 Å². The van der Waals surface area contributed by atoms with Crippen LogP contribution in [0.15, 0.2) is 29.1 Å². The van der Waals surface area contributed by atoms with Gasteiger partial charge in [0.2, 0.25) is 0 Å². The highest BCUT2D eigenvalue weighted by molar-refractivity contribution is 7.18. The van der Waals surface area contributed by atoms with Crippen LogP contribution in [0.4, 0.5) is 5.69 Å². The second-order valence-electron chi connectivity index (χ2n) is 8.97. The third-order valence-electron chi connectivity index (χ3n) is 6.90. The number of nitrogens with one attached hydrogen (secondary N) is 1. The number of benzene rings is 1. The number of hydrogen-bond donors (Lipinski definition) is 1. The number of nitrogens with zero attached hydrogens (tertiary/aromatic N) is 3. The van der Waals surface area contributed by atoms with E-state index in [2.05, 4.69) is 59.8 Å². The number of aromatic amines is 1. The standard InChI is InChI=1S/C24H30N4OS/c1-15-8-9-18-20(14-15)30-24-21(18)23(29)25-22(26-24)17(3)27-10-12-28(13-11-27)19-7-5-4-6-16(19)2/h4-7,15,17H,8-14H2,1-3H3,(H,25,26,29)/t15-,17-/m0/s1. The zero-order chi connectivity index (χ0) is 20.8. The van der Waals surface area contributed by atoms with Gasteiger partial charge in [0.1, 0.15) is 10.7 Å². The normalized spacial score (nSPS) is 21.0. The summed E-state index contributed by atoms with van der Waals surface area (Å²) >= 11 is 1.74. The number of rotatable bonds is 3. The quantitative estimate of drug-likeness (QED) is 0.684. The lowest BCUT2D eigenvalue weighted by atomic mass is 9.89. The monoisotopic (exact) mass is 422 g/mol. The SMILES string of the molecule is Cc1ccccc1N1CCN([C@@H](C)c2nc3sc4c(c3c(=O)[nH]2)CC[C@H](C)C4)CC1. The molecule has 5 nitrogen and oxygen atoms in total. The van der Waals surface area contributed by atoms with E-state index in [1.54, 1.807) is 11.3 Å². The van der Waals surface area contributed by atoms with E-state index in [9.17, 15) is 4.79 Å². The lowest BCUT2D eigenvalue weighted by Crippen LogP contribution is -2.47. The highest BCUT2D eigenvalue weighted by atomic mass is 32.1. The molecule has 3 aromatic rings. The van der Waals surface area contributed by atoms with Crippen LogP contribution in [0.3, 0.4) is 0 Å². The van der Waals surface area contributed by atoms with E-state index in [4.69, 9.17) is 4.98 Å². The topological polar surface area (TPSA) is 52.2 Å². The van der Waals surface area contributed by atoms with Gasteiger partial charge in [0.15, 0.2) is 0 Å². The summed E-state index contributed by atoms with van der Waals surface area (Å²) in [5, 5.41) is 0.849. The van der Waals surface area contributed by atoms with Crippen molar-refractivity contribution in [3.63, 3.8) is 0 Å². The number of fused-ring (bicyclic) bond motifs is 3. The third kappa shape index (κ3) is 3.46.